The Labute approximate surface area is 191 Å². The minimum atomic E-state index is -4.04. The molecular formula is C24H22FN3O4S. The third kappa shape index (κ3) is 5.56. The molecule has 0 aliphatic heterocycles. The van der Waals surface area contributed by atoms with Gasteiger partial charge < -0.3 is 10.6 Å². The first kappa shape index (κ1) is 22.5. The fourth-order valence-electron chi connectivity index (χ4n) is 3.12. The van der Waals surface area contributed by atoms with Crippen LogP contribution in [0.25, 0.3) is 0 Å². The van der Waals surface area contributed by atoms with Crippen molar-refractivity contribution in [3.8, 4) is 0 Å². The zero-order valence-corrected chi connectivity index (χ0v) is 18.6. The van der Waals surface area contributed by atoms with Crippen molar-refractivity contribution in [2.45, 2.75) is 30.7 Å². The third-order valence-corrected chi connectivity index (χ3v) is 6.50. The molecule has 2 amide bonds. The molecule has 0 aromatic heterocycles. The molecule has 3 aromatic rings. The average Bonchev–Trinajstić information content (AvgIpc) is 3.59. The molecule has 0 radical (unpaired) electrons. The van der Waals surface area contributed by atoms with Crippen LogP contribution in [0, 0.1) is 12.7 Å². The van der Waals surface area contributed by atoms with E-state index < -0.39 is 21.7 Å². The predicted octanol–water partition coefficient (Wildman–Crippen LogP) is 4.08. The Morgan fingerprint density at radius 2 is 1.52 bits per heavy atom. The zero-order chi connectivity index (χ0) is 23.6. The second-order valence-corrected chi connectivity index (χ2v) is 9.56. The van der Waals surface area contributed by atoms with Crippen LogP contribution in [-0.4, -0.2) is 26.3 Å². The van der Waals surface area contributed by atoms with Crippen LogP contribution in [0.5, 0.6) is 0 Å². The van der Waals surface area contributed by atoms with Gasteiger partial charge in [-0.25, -0.2) is 12.8 Å². The standard InChI is InChI=1S/C24H22FN3O4S/c1-15-8-11-21(14-22(15)25)33(31,32)28-20-7-3-5-17(13-20)24(30)27-19-6-2-4-16(12-19)23(29)26-18-9-10-18/h2-8,11-14,18,28H,9-10H2,1H3,(H,26,29)(H,27,30). The van der Waals surface area contributed by atoms with Crippen LogP contribution in [-0.2, 0) is 10.0 Å². The zero-order valence-electron chi connectivity index (χ0n) is 17.8. The number of anilines is 2. The molecule has 4 rings (SSSR count). The Kier molecular flexibility index (Phi) is 6.15. The number of carbonyl (C=O) groups is 2. The van der Waals surface area contributed by atoms with E-state index >= 15 is 0 Å². The van der Waals surface area contributed by atoms with E-state index in [1.165, 1.54) is 43.3 Å². The summed E-state index contributed by atoms with van der Waals surface area (Å²) >= 11 is 0. The smallest absolute Gasteiger partial charge is 0.261 e. The summed E-state index contributed by atoms with van der Waals surface area (Å²) in [5.74, 6) is -1.30. The van der Waals surface area contributed by atoms with Gasteiger partial charge in [-0.15, -0.1) is 0 Å². The van der Waals surface area contributed by atoms with Gasteiger partial charge in [0.15, 0.2) is 0 Å². The molecule has 1 aliphatic carbocycles. The van der Waals surface area contributed by atoms with Gasteiger partial charge in [0.05, 0.1) is 4.90 Å². The van der Waals surface area contributed by atoms with Gasteiger partial charge in [0.2, 0.25) is 0 Å². The normalized spacial score (nSPS) is 13.3. The van der Waals surface area contributed by atoms with E-state index in [9.17, 15) is 22.4 Å². The molecule has 170 valence electrons. The first-order valence-corrected chi connectivity index (χ1v) is 11.8. The van der Waals surface area contributed by atoms with Gasteiger partial charge >= 0.3 is 0 Å². The summed E-state index contributed by atoms with van der Waals surface area (Å²) in [5, 5.41) is 5.60. The van der Waals surface area contributed by atoms with Gasteiger partial charge in [0.1, 0.15) is 5.82 Å². The van der Waals surface area contributed by atoms with E-state index in [-0.39, 0.29) is 28.1 Å². The lowest BCUT2D eigenvalue weighted by atomic mass is 10.1. The van der Waals surface area contributed by atoms with Crippen LogP contribution in [0.4, 0.5) is 15.8 Å². The summed E-state index contributed by atoms with van der Waals surface area (Å²) in [5.41, 5.74) is 1.57. The molecule has 0 spiro atoms. The van der Waals surface area contributed by atoms with Crippen molar-refractivity contribution < 1.29 is 22.4 Å². The maximum Gasteiger partial charge on any atom is 0.261 e. The number of hydrogen-bond donors (Lipinski definition) is 3. The van der Waals surface area contributed by atoms with Gasteiger partial charge in [-0.05, 0) is 73.9 Å². The molecule has 33 heavy (non-hydrogen) atoms. The quantitative estimate of drug-likeness (QED) is 0.487. The summed E-state index contributed by atoms with van der Waals surface area (Å²) in [6.07, 6.45) is 1.95. The van der Waals surface area contributed by atoms with Crippen molar-refractivity contribution in [2.75, 3.05) is 10.0 Å². The fourth-order valence-corrected chi connectivity index (χ4v) is 4.18. The van der Waals surface area contributed by atoms with Gasteiger partial charge in [-0.3, -0.25) is 14.3 Å². The molecule has 1 fully saturated rings. The molecule has 0 bridgehead atoms. The van der Waals surface area contributed by atoms with Crippen molar-refractivity contribution in [3.63, 3.8) is 0 Å². The molecule has 0 unspecified atom stereocenters. The summed E-state index contributed by atoms with van der Waals surface area (Å²) in [6.45, 7) is 1.54. The van der Waals surface area contributed by atoms with E-state index in [0.717, 1.165) is 18.9 Å². The number of halogens is 1. The maximum absolute atomic E-state index is 13.8. The molecule has 9 heteroatoms. The lowest BCUT2D eigenvalue weighted by Gasteiger charge is -2.11. The molecule has 3 aromatic carbocycles. The Morgan fingerprint density at radius 1 is 0.879 bits per heavy atom. The number of rotatable bonds is 7. The molecular weight excluding hydrogens is 445 g/mol. The number of hydrogen-bond acceptors (Lipinski definition) is 4. The highest BCUT2D eigenvalue weighted by atomic mass is 32.2. The molecule has 0 atom stereocenters. The van der Waals surface area contributed by atoms with Crippen LogP contribution >= 0.6 is 0 Å². The average molecular weight is 468 g/mol. The van der Waals surface area contributed by atoms with Gasteiger partial charge in [0, 0.05) is 28.5 Å². The minimum absolute atomic E-state index is 0.154. The Bertz CT molecular complexity index is 1340. The number of amides is 2. The Balaban J connectivity index is 1.47. The summed E-state index contributed by atoms with van der Waals surface area (Å²) in [7, 11) is -4.04. The monoisotopic (exact) mass is 467 g/mol. The Hall–Kier alpha value is -3.72. The molecule has 1 saturated carbocycles. The van der Waals surface area contributed by atoms with Gasteiger partial charge in [-0.1, -0.05) is 18.2 Å². The van der Waals surface area contributed by atoms with Crippen molar-refractivity contribution >= 4 is 33.2 Å². The minimum Gasteiger partial charge on any atom is -0.349 e. The van der Waals surface area contributed by atoms with E-state index in [4.69, 9.17) is 0 Å². The predicted molar refractivity (Wildman–Crippen MR) is 123 cm³/mol. The van der Waals surface area contributed by atoms with E-state index in [1.807, 2.05) is 0 Å². The highest BCUT2D eigenvalue weighted by Crippen LogP contribution is 2.22. The third-order valence-electron chi connectivity index (χ3n) is 5.13. The van der Waals surface area contributed by atoms with Crippen LogP contribution in [0.3, 0.4) is 0 Å². The molecule has 3 N–H and O–H groups in total. The highest BCUT2D eigenvalue weighted by Gasteiger charge is 2.24. The second-order valence-electron chi connectivity index (χ2n) is 7.88. The largest absolute Gasteiger partial charge is 0.349 e. The summed E-state index contributed by atoms with van der Waals surface area (Å²) < 4.78 is 41.4. The summed E-state index contributed by atoms with van der Waals surface area (Å²) in [6, 6.07) is 16.3. The number of benzene rings is 3. The highest BCUT2D eigenvalue weighted by molar-refractivity contribution is 7.92. The fraction of sp³-hybridized carbons (Fsp3) is 0.167. The number of nitrogens with one attached hydrogen (secondary N) is 3. The topological polar surface area (TPSA) is 104 Å². The second kappa shape index (κ2) is 9.03. The lowest BCUT2D eigenvalue weighted by molar-refractivity contribution is 0.0949. The molecule has 1 aliphatic rings. The van der Waals surface area contributed by atoms with Crippen LogP contribution < -0.4 is 15.4 Å². The van der Waals surface area contributed by atoms with Gasteiger partial charge in [-0.2, -0.15) is 0 Å². The van der Waals surface area contributed by atoms with Crippen molar-refractivity contribution in [1.29, 1.82) is 0 Å². The van der Waals surface area contributed by atoms with Crippen molar-refractivity contribution in [2.24, 2.45) is 0 Å². The number of carbonyl (C=O) groups excluding carboxylic acids is 2. The number of aryl methyl sites for hydroxylation is 1. The maximum atomic E-state index is 13.8. The summed E-state index contributed by atoms with van der Waals surface area (Å²) in [4.78, 5) is 24.7. The van der Waals surface area contributed by atoms with Gasteiger partial charge in [0.25, 0.3) is 21.8 Å². The van der Waals surface area contributed by atoms with E-state index in [1.54, 1.807) is 24.3 Å². The molecule has 0 heterocycles. The molecule has 0 saturated heterocycles. The Morgan fingerprint density at radius 3 is 2.18 bits per heavy atom. The number of sulfonamides is 1. The lowest BCUT2D eigenvalue weighted by Crippen LogP contribution is -2.25. The first-order valence-electron chi connectivity index (χ1n) is 10.3. The van der Waals surface area contributed by atoms with Crippen LogP contribution in [0.1, 0.15) is 39.1 Å². The van der Waals surface area contributed by atoms with Crippen LogP contribution in [0.15, 0.2) is 71.6 Å². The van der Waals surface area contributed by atoms with E-state index in [0.29, 0.717) is 16.8 Å². The first-order chi connectivity index (χ1) is 15.7. The van der Waals surface area contributed by atoms with Crippen molar-refractivity contribution in [3.05, 3.63) is 89.2 Å². The van der Waals surface area contributed by atoms with E-state index in [2.05, 4.69) is 15.4 Å². The molecule has 7 nitrogen and oxygen atoms in total. The SMILES string of the molecule is Cc1ccc(S(=O)(=O)Nc2cccc(C(=O)Nc3cccc(C(=O)NC4CC4)c3)c2)cc1F. The van der Waals surface area contributed by atoms with Crippen molar-refractivity contribution in [1.82, 2.24) is 5.32 Å². The van der Waals surface area contributed by atoms with Crippen LogP contribution in [0.2, 0.25) is 0 Å².